The molecule has 1 saturated carbocycles. The molecule has 2 aliphatic rings. The maximum atomic E-state index is 2.49. The molecule has 0 aromatic rings. The van der Waals surface area contributed by atoms with Gasteiger partial charge in [0.2, 0.25) is 0 Å². The Morgan fingerprint density at radius 1 is 1.50 bits per heavy atom. The topological polar surface area (TPSA) is 0 Å². The number of allylic oxidation sites excluding steroid dienone is 2. The van der Waals surface area contributed by atoms with Gasteiger partial charge < -0.3 is 0 Å². The van der Waals surface area contributed by atoms with Crippen LogP contribution in [-0.4, -0.2) is 0 Å². The first kappa shape index (κ1) is 6.45. The van der Waals surface area contributed by atoms with Crippen LogP contribution in [0.2, 0.25) is 0 Å². The summed E-state index contributed by atoms with van der Waals surface area (Å²) in [5.41, 5.74) is 2.27. The molecule has 2 atom stereocenters. The zero-order valence-corrected chi connectivity index (χ0v) is 7.15. The number of hydrogen-bond acceptors (Lipinski definition) is 0. The first-order valence-corrected chi connectivity index (χ1v) is 4.28. The molecule has 0 heterocycles. The Morgan fingerprint density at radius 3 is 2.50 bits per heavy atom. The molecule has 0 unspecified atom stereocenters. The summed E-state index contributed by atoms with van der Waals surface area (Å²) in [5.74, 6) is 1.84. The molecule has 0 amide bonds. The molecule has 10 heavy (non-hydrogen) atoms. The fraction of sp³-hybridized carbons (Fsp3) is 0.800. The molecular weight excluding hydrogens is 120 g/mol. The van der Waals surface area contributed by atoms with Gasteiger partial charge in [-0.2, -0.15) is 0 Å². The van der Waals surface area contributed by atoms with Crippen LogP contribution in [0.15, 0.2) is 11.6 Å². The van der Waals surface area contributed by atoms with Gasteiger partial charge in [-0.05, 0) is 37.0 Å². The smallest absolute Gasteiger partial charge is 0.0174 e. The summed E-state index contributed by atoms with van der Waals surface area (Å²) in [4.78, 5) is 0. The fourth-order valence-corrected chi connectivity index (χ4v) is 2.59. The Hall–Kier alpha value is -0.260. The molecule has 1 fully saturated rings. The van der Waals surface area contributed by atoms with Crippen molar-refractivity contribution in [3.63, 3.8) is 0 Å². The van der Waals surface area contributed by atoms with Crippen molar-refractivity contribution < 1.29 is 0 Å². The van der Waals surface area contributed by atoms with Crippen LogP contribution in [0, 0.1) is 17.3 Å². The normalized spacial score (nSPS) is 42.1. The largest absolute Gasteiger partial charge is 0.0817 e. The molecule has 0 spiro atoms. The highest BCUT2D eigenvalue weighted by atomic mass is 14.5. The zero-order valence-electron chi connectivity index (χ0n) is 7.15. The van der Waals surface area contributed by atoms with Gasteiger partial charge in [-0.15, -0.1) is 0 Å². The molecule has 0 nitrogen and oxygen atoms in total. The van der Waals surface area contributed by atoms with E-state index in [1.807, 2.05) is 0 Å². The van der Waals surface area contributed by atoms with Crippen LogP contribution in [-0.2, 0) is 0 Å². The third-order valence-corrected chi connectivity index (χ3v) is 3.42. The molecule has 2 rings (SSSR count). The van der Waals surface area contributed by atoms with Gasteiger partial charge >= 0.3 is 0 Å². The first-order valence-electron chi connectivity index (χ1n) is 4.28. The van der Waals surface area contributed by atoms with Crippen LogP contribution < -0.4 is 0 Å². The van der Waals surface area contributed by atoms with Gasteiger partial charge in [0.15, 0.2) is 0 Å². The molecule has 0 aromatic carbocycles. The molecule has 2 bridgehead atoms. The minimum absolute atomic E-state index is 0.615. The Morgan fingerprint density at radius 2 is 2.20 bits per heavy atom. The lowest BCUT2D eigenvalue weighted by Crippen LogP contribution is -2.17. The summed E-state index contributed by atoms with van der Waals surface area (Å²) in [6.45, 7) is 7.10. The SMILES string of the molecule is CC1=C[C@H]2C[C@@H]1CC2(C)C. The van der Waals surface area contributed by atoms with Crippen LogP contribution in [0.4, 0.5) is 0 Å². The standard InChI is InChI=1S/C10H16/c1-7-4-9-5-8(7)6-10(9,2)3/h4,8-9H,5-6H2,1-3H3/t8-,9+/m1/s1. The van der Waals surface area contributed by atoms with Crippen molar-refractivity contribution in [2.75, 3.05) is 0 Å². The molecule has 0 heteroatoms. The van der Waals surface area contributed by atoms with Gasteiger partial charge in [-0.25, -0.2) is 0 Å². The predicted octanol–water partition coefficient (Wildman–Crippen LogP) is 3.00. The van der Waals surface area contributed by atoms with Gasteiger partial charge in [-0.1, -0.05) is 25.5 Å². The van der Waals surface area contributed by atoms with Crippen molar-refractivity contribution in [1.82, 2.24) is 0 Å². The Balaban J connectivity index is 2.30. The summed E-state index contributed by atoms with van der Waals surface area (Å²) in [6, 6.07) is 0. The average Bonchev–Trinajstić information content (AvgIpc) is 2.21. The van der Waals surface area contributed by atoms with Crippen molar-refractivity contribution >= 4 is 0 Å². The number of hydrogen-bond donors (Lipinski definition) is 0. The predicted molar refractivity (Wildman–Crippen MR) is 43.8 cm³/mol. The van der Waals surface area contributed by atoms with Crippen LogP contribution in [0.25, 0.3) is 0 Å². The van der Waals surface area contributed by atoms with Crippen LogP contribution >= 0.6 is 0 Å². The minimum atomic E-state index is 0.615. The molecule has 0 aromatic heterocycles. The van der Waals surface area contributed by atoms with E-state index in [-0.39, 0.29) is 0 Å². The fourth-order valence-electron chi connectivity index (χ4n) is 2.59. The summed E-state index contributed by atoms with van der Waals surface area (Å²) < 4.78 is 0. The summed E-state index contributed by atoms with van der Waals surface area (Å²) in [6.07, 6.45) is 5.37. The van der Waals surface area contributed by atoms with E-state index in [4.69, 9.17) is 0 Å². The van der Waals surface area contributed by atoms with E-state index in [2.05, 4.69) is 26.8 Å². The van der Waals surface area contributed by atoms with E-state index in [1.165, 1.54) is 12.8 Å². The molecular formula is C10H16. The second-order valence-electron chi connectivity index (χ2n) is 4.64. The van der Waals surface area contributed by atoms with Gasteiger partial charge in [0, 0.05) is 0 Å². The van der Waals surface area contributed by atoms with Crippen LogP contribution in [0.1, 0.15) is 33.6 Å². The molecule has 0 saturated heterocycles. The van der Waals surface area contributed by atoms with Gasteiger partial charge in [-0.3, -0.25) is 0 Å². The van der Waals surface area contributed by atoms with Crippen molar-refractivity contribution in [1.29, 1.82) is 0 Å². The van der Waals surface area contributed by atoms with E-state index in [9.17, 15) is 0 Å². The zero-order chi connectivity index (χ0) is 7.35. The highest BCUT2D eigenvalue weighted by Crippen LogP contribution is 2.54. The van der Waals surface area contributed by atoms with Gasteiger partial charge in [0.1, 0.15) is 0 Å². The average molecular weight is 136 g/mol. The van der Waals surface area contributed by atoms with Crippen LogP contribution in [0.5, 0.6) is 0 Å². The monoisotopic (exact) mass is 136 g/mol. The van der Waals surface area contributed by atoms with E-state index >= 15 is 0 Å². The van der Waals surface area contributed by atoms with Crippen molar-refractivity contribution in [3.05, 3.63) is 11.6 Å². The lowest BCUT2D eigenvalue weighted by Gasteiger charge is -2.27. The van der Waals surface area contributed by atoms with Gasteiger partial charge in [0.25, 0.3) is 0 Å². The number of rotatable bonds is 0. The van der Waals surface area contributed by atoms with Crippen molar-refractivity contribution in [2.45, 2.75) is 33.6 Å². The lowest BCUT2D eigenvalue weighted by atomic mass is 9.78. The summed E-state index contributed by atoms with van der Waals surface area (Å²) in [5, 5.41) is 0. The van der Waals surface area contributed by atoms with E-state index in [1.54, 1.807) is 5.57 Å². The van der Waals surface area contributed by atoms with E-state index < -0.39 is 0 Å². The summed E-state index contributed by atoms with van der Waals surface area (Å²) in [7, 11) is 0. The third kappa shape index (κ3) is 0.680. The number of fused-ring (bicyclic) bond motifs is 2. The first-order chi connectivity index (χ1) is 4.59. The highest BCUT2D eigenvalue weighted by molar-refractivity contribution is 5.21. The lowest BCUT2D eigenvalue weighted by molar-refractivity contribution is 0.295. The molecule has 0 radical (unpaired) electrons. The van der Waals surface area contributed by atoms with E-state index in [0.29, 0.717) is 5.41 Å². The molecule has 2 aliphatic carbocycles. The second-order valence-corrected chi connectivity index (χ2v) is 4.64. The minimum Gasteiger partial charge on any atom is -0.0817 e. The van der Waals surface area contributed by atoms with E-state index in [0.717, 1.165) is 11.8 Å². The Labute approximate surface area is 63.3 Å². The third-order valence-electron chi connectivity index (χ3n) is 3.42. The van der Waals surface area contributed by atoms with Crippen molar-refractivity contribution in [2.24, 2.45) is 17.3 Å². The molecule has 56 valence electrons. The van der Waals surface area contributed by atoms with Crippen molar-refractivity contribution in [3.8, 4) is 0 Å². The Bertz CT molecular complexity index is 186. The second kappa shape index (κ2) is 1.66. The summed E-state index contributed by atoms with van der Waals surface area (Å²) >= 11 is 0. The van der Waals surface area contributed by atoms with Crippen LogP contribution in [0.3, 0.4) is 0 Å². The highest BCUT2D eigenvalue weighted by Gasteiger charge is 2.43. The molecule has 0 aliphatic heterocycles. The molecule has 0 N–H and O–H groups in total. The quantitative estimate of drug-likeness (QED) is 0.449. The van der Waals surface area contributed by atoms with Gasteiger partial charge in [0.05, 0.1) is 0 Å². The maximum Gasteiger partial charge on any atom is -0.0174 e. The Kier molecular flexibility index (Phi) is 1.07. The maximum absolute atomic E-state index is 2.49.